The Labute approximate surface area is 200 Å². The van der Waals surface area contributed by atoms with Crippen LogP contribution in [0.25, 0.3) is 0 Å². The van der Waals surface area contributed by atoms with Gasteiger partial charge >= 0.3 is 5.97 Å². The molecule has 4 rings (SSSR count). The monoisotopic (exact) mass is 453 g/mol. The molecular formula is C29H43NO3. The van der Waals surface area contributed by atoms with Crippen molar-refractivity contribution in [2.24, 2.45) is 23.7 Å². The van der Waals surface area contributed by atoms with Crippen LogP contribution in [0, 0.1) is 23.7 Å². The van der Waals surface area contributed by atoms with Crippen molar-refractivity contribution in [2.45, 2.75) is 83.8 Å². The maximum absolute atomic E-state index is 11.9. The molecule has 3 aliphatic rings. The van der Waals surface area contributed by atoms with Crippen LogP contribution in [0.5, 0.6) is 0 Å². The fourth-order valence-electron chi connectivity index (χ4n) is 7.12. The van der Waals surface area contributed by atoms with Crippen LogP contribution in [0.3, 0.4) is 0 Å². The molecule has 0 amide bonds. The number of hydrogen-bond acceptors (Lipinski definition) is 4. The van der Waals surface area contributed by atoms with Gasteiger partial charge in [-0.15, -0.1) is 0 Å². The summed E-state index contributed by atoms with van der Waals surface area (Å²) in [5.41, 5.74) is 1.96. The first-order chi connectivity index (χ1) is 15.6. The lowest BCUT2D eigenvalue weighted by molar-refractivity contribution is -0.159. The van der Waals surface area contributed by atoms with Crippen molar-refractivity contribution in [3.8, 4) is 0 Å². The second-order valence-corrected chi connectivity index (χ2v) is 11.6. The van der Waals surface area contributed by atoms with E-state index in [0.29, 0.717) is 18.3 Å². The third kappa shape index (κ3) is 4.93. The van der Waals surface area contributed by atoms with Crippen molar-refractivity contribution in [3.05, 3.63) is 47.5 Å². The van der Waals surface area contributed by atoms with Crippen LogP contribution < -0.4 is 0 Å². The molecule has 33 heavy (non-hydrogen) atoms. The average molecular weight is 454 g/mol. The molecule has 1 aliphatic heterocycles. The third-order valence-corrected chi connectivity index (χ3v) is 9.12. The lowest BCUT2D eigenvalue weighted by Gasteiger charge is -2.53. The molecular weight excluding hydrogens is 410 g/mol. The molecule has 0 unspecified atom stereocenters. The SMILES string of the molecule is CC(=O)O[C@@H]1C[C@@]2(O)[C@H](C)CC[C@@H]([C@H](C)CN3CCC[C@@](C)(c4ccccc4)C3)[C@H]2C=C1C. The molecule has 2 aliphatic carbocycles. The molecule has 1 aromatic carbocycles. The molecule has 1 saturated heterocycles. The maximum atomic E-state index is 11.9. The van der Waals surface area contributed by atoms with E-state index in [9.17, 15) is 9.90 Å². The van der Waals surface area contributed by atoms with Crippen LogP contribution in [0.4, 0.5) is 0 Å². The summed E-state index contributed by atoms with van der Waals surface area (Å²) in [5.74, 6) is 1.03. The Morgan fingerprint density at radius 2 is 2.00 bits per heavy atom. The molecule has 182 valence electrons. The Hall–Kier alpha value is -1.65. The Bertz CT molecular complexity index is 867. The Morgan fingerprint density at radius 1 is 1.27 bits per heavy atom. The number of hydrogen-bond donors (Lipinski definition) is 1. The fraction of sp³-hybridized carbons (Fsp3) is 0.690. The number of aliphatic hydroxyl groups is 1. The molecule has 0 spiro atoms. The summed E-state index contributed by atoms with van der Waals surface area (Å²) in [4.78, 5) is 14.3. The van der Waals surface area contributed by atoms with Crippen molar-refractivity contribution in [3.63, 3.8) is 0 Å². The van der Waals surface area contributed by atoms with Crippen LogP contribution in [-0.4, -0.2) is 47.3 Å². The summed E-state index contributed by atoms with van der Waals surface area (Å²) in [5, 5.41) is 11.9. The molecule has 4 nitrogen and oxygen atoms in total. The predicted octanol–water partition coefficient (Wildman–Crippen LogP) is 5.35. The molecule has 0 radical (unpaired) electrons. The van der Waals surface area contributed by atoms with Gasteiger partial charge in [-0.1, -0.05) is 57.2 Å². The van der Waals surface area contributed by atoms with Crippen LogP contribution in [0.15, 0.2) is 42.0 Å². The molecule has 2 fully saturated rings. The molecule has 1 saturated carbocycles. The fourth-order valence-corrected chi connectivity index (χ4v) is 7.12. The molecule has 1 heterocycles. The van der Waals surface area contributed by atoms with E-state index in [1.807, 2.05) is 0 Å². The van der Waals surface area contributed by atoms with E-state index >= 15 is 0 Å². The minimum atomic E-state index is -0.794. The first kappa shape index (κ1) is 24.5. The van der Waals surface area contributed by atoms with E-state index < -0.39 is 5.60 Å². The minimum absolute atomic E-state index is 0.133. The quantitative estimate of drug-likeness (QED) is 0.482. The van der Waals surface area contributed by atoms with Gasteiger partial charge in [0.2, 0.25) is 0 Å². The van der Waals surface area contributed by atoms with E-state index in [1.165, 1.54) is 25.3 Å². The van der Waals surface area contributed by atoms with E-state index in [-0.39, 0.29) is 29.3 Å². The van der Waals surface area contributed by atoms with Crippen LogP contribution >= 0.6 is 0 Å². The number of carbonyl (C=O) groups excluding carboxylic acids is 1. The second kappa shape index (κ2) is 9.54. The summed E-state index contributed by atoms with van der Waals surface area (Å²) in [6.45, 7) is 13.8. The number of nitrogens with zero attached hydrogens (tertiary/aromatic N) is 1. The summed E-state index contributed by atoms with van der Waals surface area (Å²) in [6, 6.07) is 11.0. The van der Waals surface area contributed by atoms with Gasteiger partial charge in [-0.25, -0.2) is 0 Å². The first-order valence-electron chi connectivity index (χ1n) is 13.0. The summed E-state index contributed by atoms with van der Waals surface area (Å²) < 4.78 is 5.57. The van der Waals surface area contributed by atoms with Crippen LogP contribution in [0.1, 0.15) is 72.3 Å². The Kier molecular flexibility index (Phi) is 7.08. The standard InChI is InChI=1S/C29H43NO3/c1-20-16-26-25(13-12-22(3)29(26,32)17-27(20)33-23(4)31)21(2)18-30-15-9-14-28(5,19-30)24-10-7-6-8-11-24/h6-8,10-11,16,21-22,25-27,32H,9,12-15,17-19H2,1-5H3/t21-,22-,25+,26-,27-,28-,29-/m1/s1. The largest absolute Gasteiger partial charge is 0.458 e. The zero-order valence-electron chi connectivity index (χ0n) is 21.2. The van der Waals surface area contributed by atoms with E-state index in [4.69, 9.17) is 4.74 Å². The topological polar surface area (TPSA) is 49.8 Å². The van der Waals surface area contributed by atoms with Gasteiger partial charge in [0.1, 0.15) is 6.10 Å². The van der Waals surface area contributed by atoms with Gasteiger partial charge in [0.05, 0.1) is 5.60 Å². The van der Waals surface area contributed by atoms with Crippen LogP contribution in [-0.2, 0) is 14.9 Å². The van der Waals surface area contributed by atoms with Gasteiger partial charge < -0.3 is 14.7 Å². The number of likely N-dealkylation sites (tertiary alicyclic amines) is 1. The van der Waals surface area contributed by atoms with Crippen molar-refractivity contribution in [2.75, 3.05) is 19.6 Å². The van der Waals surface area contributed by atoms with Gasteiger partial charge in [0.25, 0.3) is 0 Å². The highest BCUT2D eigenvalue weighted by Gasteiger charge is 2.53. The number of rotatable bonds is 5. The highest BCUT2D eigenvalue weighted by atomic mass is 16.5. The number of fused-ring (bicyclic) bond motifs is 1. The maximum Gasteiger partial charge on any atom is 0.303 e. The van der Waals surface area contributed by atoms with Crippen molar-refractivity contribution in [1.29, 1.82) is 0 Å². The molecule has 7 atom stereocenters. The highest BCUT2D eigenvalue weighted by Crippen LogP contribution is 2.51. The number of carbonyl (C=O) groups is 1. The summed E-state index contributed by atoms with van der Waals surface area (Å²) in [7, 11) is 0. The van der Waals surface area contributed by atoms with Gasteiger partial charge in [0, 0.05) is 37.8 Å². The summed E-state index contributed by atoms with van der Waals surface area (Å²) in [6.07, 6.45) is 7.14. The van der Waals surface area contributed by atoms with E-state index in [1.54, 1.807) is 0 Å². The normalized spacial score (nSPS) is 38.2. The molecule has 1 aromatic rings. The minimum Gasteiger partial charge on any atom is -0.458 e. The number of benzene rings is 1. The van der Waals surface area contributed by atoms with E-state index in [0.717, 1.165) is 38.0 Å². The Balaban J connectivity index is 1.49. The highest BCUT2D eigenvalue weighted by molar-refractivity contribution is 5.66. The lowest BCUT2D eigenvalue weighted by Crippen LogP contribution is -2.56. The van der Waals surface area contributed by atoms with Gasteiger partial charge in [-0.3, -0.25) is 4.79 Å². The third-order valence-electron chi connectivity index (χ3n) is 9.12. The zero-order chi connectivity index (χ0) is 23.8. The van der Waals surface area contributed by atoms with Gasteiger partial charge in [-0.2, -0.15) is 0 Å². The number of esters is 1. The van der Waals surface area contributed by atoms with Crippen molar-refractivity contribution >= 4 is 5.97 Å². The van der Waals surface area contributed by atoms with Crippen molar-refractivity contribution in [1.82, 2.24) is 4.90 Å². The molecule has 4 heteroatoms. The second-order valence-electron chi connectivity index (χ2n) is 11.6. The molecule has 0 bridgehead atoms. The molecule has 0 aromatic heterocycles. The van der Waals surface area contributed by atoms with E-state index in [2.05, 4.69) is 69.0 Å². The smallest absolute Gasteiger partial charge is 0.303 e. The summed E-state index contributed by atoms with van der Waals surface area (Å²) >= 11 is 0. The number of ether oxygens (including phenoxy) is 1. The Morgan fingerprint density at radius 3 is 2.70 bits per heavy atom. The van der Waals surface area contributed by atoms with Gasteiger partial charge in [0.15, 0.2) is 0 Å². The zero-order valence-corrected chi connectivity index (χ0v) is 21.2. The van der Waals surface area contributed by atoms with Gasteiger partial charge in [-0.05, 0) is 68.0 Å². The average Bonchev–Trinajstić information content (AvgIpc) is 2.76. The van der Waals surface area contributed by atoms with Crippen LogP contribution in [0.2, 0.25) is 0 Å². The number of piperidine rings is 1. The lowest BCUT2D eigenvalue weighted by atomic mass is 9.57. The molecule has 1 N–H and O–H groups in total. The predicted molar refractivity (Wildman–Crippen MR) is 133 cm³/mol. The first-order valence-corrected chi connectivity index (χ1v) is 13.0. The van der Waals surface area contributed by atoms with Crippen molar-refractivity contribution < 1.29 is 14.6 Å².